The van der Waals surface area contributed by atoms with Gasteiger partial charge in [0, 0.05) is 7.05 Å². The molecule has 0 atom stereocenters. The fraction of sp³-hybridized carbons (Fsp3) is 0.273. The number of carboxylic acids is 1. The Labute approximate surface area is 109 Å². The fourth-order valence-electron chi connectivity index (χ4n) is 1.59. The maximum Gasteiger partial charge on any atom is 0.338 e. The number of imidazole rings is 1. The van der Waals surface area contributed by atoms with Gasteiger partial charge in [-0.1, -0.05) is 13.8 Å². The van der Waals surface area contributed by atoms with Crippen molar-refractivity contribution in [2.24, 2.45) is 7.05 Å². The van der Waals surface area contributed by atoms with Gasteiger partial charge in [0.1, 0.15) is 5.52 Å². The molecule has 0 unspecified atom stereocenters. The lowest BCUT2D eigenvalue weighted by Gasteiger charge is -2.05. The summed E-state index contributed by atoms with van der Waals surface area (Å²) >= 11 is 4.97. The molecule has 0 fully saturated rings. The van der Waals surface area contributed by atoms with Gasteiger partial charge in [0.05, 0.1) is 16.8 Å². The second-order valence-electron chi connectivity index (χ2n) is 3.38. The fourth-order valence-corrected chi connectivity index (χ4v) is 1.79. The highest BCUT2D eigenvalue weighted by atomic mass is 32.1. The molecule has 5 N–H and O–H groups in total. The normalized spacial score (nSPS) is 9.94. The number of H-pyrrole nitrogens is 1. The number of fused-ring (bicyclic) bond motifs is 1. The quantitative estimate of drug-likeness (QED) is 0.361. The number of anilines is 1. The van der Waals surface area contributed by atoms with Crippen LogP contribution >= 0.6 is 12.2 Å². The van der Waals surface area contributed by atoms with Gasteiger partial charge in [-0.05, 0) is 18.3 Å². The van der Waals surface area contributed by atoms with E-state index in [-0.39, 0.29) is 17.0 Å². The molecule has 0 amide bonds. The third kappa shape index (κ3) is 2.04. The number of aromatic nitrogens is 2. The van der Waals surface area contributed by atoms with Gasteiger partial charge in [-0.2, -0.15) is 0 Å². The second kappa shape index (κ2) is 5.09. The highest BCUT2D eigenvalue weighted by molar-refractivity contribution is 7.71. The minimum Gasteiger partial charge on any atom is -0.504 e. The number of nitrogens with two attached hydrogens (primary N) is 1. The summed E-state index contributed by atoms with van der Waals surface area (Å²) in [4.78, 5) is 13.7. The number of benzene rings is 1. The Morgan fingerprint density at radius 1 is 1.50 bits per heavy atom. The molecule has 6 nitrogen and oxygen atoms in total. The number of carbonyl (C=O) groups is 1. The average molecular weight is 269 g/mol. The lowest BCUT2D eigenvalue weighted by molar-refractivity contribution is 0.0698. The van der Waals surface area contributed by atoms with Crippen molar-refractivity contribution in [3.8, 4) is 5.75 Å². The van der Waals surface area contributed by atoms with Crippen LogP contribution in [-0.4, -0.2) is 25.7 Å². The number of carboxylic acid groups (broad SMARTS) is 1. The maximum absolute atomic E-state index is 10.9. The first kappa shape index (κ1) is 14.0. The van der Waals surface area contributed by atoms with E-state index in [4.69, 9.17) is 23.1 Å². The smallest absolute Gasteiger partial charge is 0.338 e. The van der Waals surface area contributed by atoms with Crippen molar-refractivity contribution in [3.63, 3.8) is 0 Å². The molecule has 1 aromatic carbocycles. The number of aromatic amines is 1. The zero-order valence-electron chi connectivity index (χ0n) is 10.3. The number of phenols is 1. The lowest BCUT2D eigenvalue weighted by Crippen LogP contribution is -2.03. The van der Waals surface area contributed by atoms with Crippen molar-refractivity contribution in [3.05, 3.63) is 16.4 Å². The highest BCUT2D eigenvalue weighted by Crippen LogP contribution is 2.33. The van der Waals surface area contributed by atoms with E-state index in [9.17, 15) is 9.90 Å². The first-order chi connectivity index (χ1) is 8.43. The number of hydrogen-bond donors (Lipinski definition) is 4. The molecule has 1 aromatic heterocycles. The Kier molecular flexibility index (Phi) is 3.97. The number of nitrogen functional groups attached to an aromatic ring is 1. The Morgan fingerprint density at radius 2 is 2.06 bits per heavy atom. The first-order valence-corrected chi connectivity index (χ1v) is 5.77. The average Bonchev–Trinajstić information content (AvgIpc) is 2.62. The minimum atomic E-state index is -1.20. The summed E-state index contributed by atoms with van der Waals surface area (Å²) in [5.41, 5.74) is 6.06. The lowest BCUT2D eigenvalue weighted by atomic mass is 10.1. The summed E-state index contributed by atoms with van der Waals surface area (Å²) in [5.74, 6) is -1.47. The molecule has 0 saturated heterocycles. The molecule has 98 valence electrons. The van der Waals surface area contributed by atoms with Gasteiger partial charge >= 0.3 is 5.97 Å². The number of aryl methyl sites for hydroxylation is 1. The molecule has 0 saturated carbocycles. The van der Waals surface area contributed by atoms with Crippen molar-refractivity contribution < 1.29 is 15.0 Å². The van der Waals surface area contributed by atoms with Crippen LogP contribution in [0.1, 0.15) is 24.2 Å². The molecule has 1 heterocycles. The third-order valence-electron chi connectivity index (χ3n) is 2.43. The Balaban J connectivity index is 0.000000771. The minimum absolute atomic E-state index is 0.151. The summed E-state index contributed by atoms with van der Waals surface area (Å²) in [7, 11) is 1.65. The molecule has 2 rings (SSSR count). The van der Waals surface area contributed by atoms with Crippen LogP contribution in [0.4, 0.5) is 5.69 Å². The molecule has 0 aliphatic heterocycles. The second-order valence-corrected chi connectivity index (χ2v) is 3.76. The van der Waals surface area contributed by atoms with Crippen molar-refractivity contribution in [1.29, 1.82) is 0 Å². The molecular weight excluding hydrogens is 254 g/mol. The molecule has 0 radical (unpaired) electrons. The van der Waals surface area contributed by atoms with Crippen molar-refractivity contribution in [1.82, 2.24) is 9.55 Å². The van der Waals surface area contributed by atoms with Gasteiger partial charge in [0.25, 0.3) is 0 Å². The Morgan fingerprint density at radius 3 is 2.56 bits per heavy atom. The topological polar surface area (TPSA) is 104 Å². The van der Waals surface area contributed by atoms with E-state index >= 15 is 0 Å². The van der Waals surface area contributed by atoms with Gasteiger partial charge in [-0.15, -0.1) is 0 Å². The zero-order chi connectivity index (χ0) is 14.0. The predicted octanol–water partition coefficient (Wildman–Crippen LogP) is 2.25. The highest BCUT2D eigenvalue weighted by Gasteiger charge is 2.17. The molecule has 0 aliphatic rings. The summed E-state index contributed by atoms with van der Waals surface area (Å²) in [5, 5.41) is 18.7. The third-order valence-corrected chi connectivity index (χ3v) is 2.80. The van der Waals surface area contributed by atoms with Gasteiger partial charge in [-0.25, -0.2) is 4.79 Å². The summed E-state index contributed by atoms with van der Waals surface area (Å²) in [6.07, 6.45) is 0. The molecule has 2 aromatic rings. The van der Waals surface area contributed by atoms with Crippen LogP contribution in [0.2, 0.25) is 0 Å². The van der Waals surface area contributed by atoms with Gasteiger partial charge in [0.2, 0.25) is 0 Å². The summed E-state index contributed by atoms with van der Waals surface area (Å²) in [6.45, 7) is 4.00. The molecular formula is C11H15N3O3S. The van der Waals surface area contributed by atoms with E-state index in [0.29, 0.717) is 15.8 Å². The van der Waals surface area contributed by atoms with Crippen LogP contribution in [0.25, 0.3) is 11.0 Å². The number of aromatic carboxylic acids is 1. The van der Waals surface area contributed by atoms with E-state index in [1.54, 1.807) is 7.05 Å². The standard InChI is InChI=1S/C9H9N3O3S.C2H6/c1-12-6-4(11-9(12)16)2-3(8(14)15)5(10)7(6)13;1-2/h2,13H,10H2,1H3,(H,11,16)(H,14,15);1-2H3. The van der Waals surface area contributed by atoms with E-state index in [0.717, 1.165) is 0 Å². The summed E-state index contributed by atoms with van der Waals surface area (Å²) < 4.78 is 1.91. The molecule has 0 spiro atoms. The van der Waals surface area contributed by atoms with Crippen molar-refractivity contribution in [2.75, 3.05) is 5.73 Å². The maximum atomic E-state index is 10.9. The summed E-state index contributed by atoms with van der Waals surface area (Å²) in [6, 6.07) is 1.35. The molecule has 0 aliphatic carbocycles. The van der Waals surface area contributed by atoms with Crippen LogP contribution in [0.3, 0.4) is 0 Å². The van der Waals surface area contributed by atoms with Crippen LogP contribution in [0.5, 0.6) is 5.75 Å². The van der Waals surface area contributed by atoms with Crippen molar-refractivity contribution in [2.45, 2.75) is 13.8 Å². The van der Waals surface area contributed by atoms with Crippen molar-refractivity contribution >= 4 is 34.9 Å². The van der Waals surface area contributed by atoms with Crippen LogP contribution in [0, 0.1) is 4.77 Å². The van der Waals surface area contributed by atoms with Gasteiger partial charge in [0.15, 0.2) is 10.5 Å². The van der Waals surface area contributed by atoms with E-state index in [2.05, 4.69) is 4.98 Å². The van der Waals surface area contributed by atoms with Gasteiger partial charge in [-0.3, -0.25) is 0 Å². The number of hydrogen-bond acceptors (Lipinski definition) is 4. The Hall–Kier alpha value is -2.02. The number of nitrogens with zero attached hydrogens (tertiary/aromatic N) is 1. The molecule has 0 bridgehead atoms. The molecule has 18 heavy (non-hydrogen) atoms. The molecule has 7 heteroatoms. The Bertz CT molecular complexity index is 658. The van der Waals surface area contributed by atoms with E-state index in [1.165, 1.54) is 10.6 Å². The van der Waals surface area contributed by atoms with E-state index < -0.39 is 5.97 Å². The van der Waals surface area contributed by atoms with Crippen LogP contribution < -0.4 is 5.73 Å². The predicted molar refractivity (Wildman–Crippen MR) is 72.5 cm³/mol. The SMILES string of the molecule is CC.Cn1c(=S)[nH]c2cc(C(=O)O)c(N)c(O)c21. The first-order valence-electron chi connectivity index (χ1n) is 5.37. The van der Waals surface area contributed by atoms with Crippen LogP contribution in [-0.2, 0) is 7.05 Å². The number of phenolic OH excluding ortho intramolecular Hbond substituents is 1. The number of rotatable bonds is 1. The van der Waals surface area contributed by atoms with Gasteiger partial charge < -0.3 is 25.5 Å². The van der Waals surface area contributed by atoms with E-state index in [1.807, 2.05) is 13.8 Å². The monoisotopic (exact) mass is 269 g/mol. The number of aromatic hydroxyl groups is 1. The zero-order valence-corrected chi connectivity index (χ0v) is 11.1. The largest absolute Gasteiger partial charge is 0.504 e. The number of nitrogens with one attached hydrogen (secondary N) is 1. The van der Waals surface area contributed by atoms with Crippen LogP contribution in [0.15, 0.2) is 6.07 Å².